The molecule has 0 aliphatic heterocycles. The van der Waals surface area contributed by atoms with Crippen LogP contribution in [0.2, 0.25) is 0 Å². The summed E-state index contributed by atoms with van der Waals surface area (Å²) in [6, 6.07) is 11.0. The van der Waals surface area contributed by atoms with Crippen molar-refractivity contribution in [1.82, 2.24) is 9.97 Å². The molecule has 0 fully saturated rings. The summed E-state index contributed by atoms with van der Waals surface area (Å²) >= 11 is 1.38. The molecule has 0 spiro atoms. The average molecular weight is 274 g/mol. The van der Waals surface area contributed by atoms with Crippen molar-refractivity contribution in [2.24, 2.45) is 0 Å². The Morgan fingerprint density at radius 3 is 2.74 bits per heavy atom. The zero-order valence-corrected chi connectivity index (χ0v) is 11.4. The van der Waals surface area contributed by atoms with Gasteiger partial charge >= 0.3 is 0 Å². The molecular formula is C14H14N2O2S. The monoisotopic (exact) mass is 274 g/mol. The van der Waals surface area contributed by atoms with Crippen LogP contribution in [0.4, 0.5) is 0 Å². The molecule has 1 heterocycles. The van der Waals surface area contributed by atoms with Gasteiger partial charge in [-0.05, 0) is 6.92 Å². The number of rotatable bonds is 5. The van der Waals surface area contributed by atoms with Gasteiger partial charge in [-0.15, -0.1) is 0 Å². The van der Waals surface area contributed by atoms with E-state index < -0.39 is 0 Å². The van der Waals surface area contributed by atoms with Crippen LogP contribution in [0.25, 0.3) is 11.3 Å². The van der Waals surface area contributed by atoms with Gasteiger partial charge in [0.1, 0.15) is 5.78 Å². The van der Waals surface area contributed by atoms with Gasteiger partial charge in [-0.25, -0.2) is 4.98 Å². The molecule has 0 unspecified atom stereocenters. The second-order valence-corrected chi connectivity index (χ2v) is 5.19. The van der Waals surface area contributed by atoms with Crippen LogP contribution in [-0.2, 0) is 4.79 Å². The molecule has 2 rings (SSSR count). The summed E-state index contributed by atoms with van der Waals surface area (Å²) in [7, 11) is 0. The van der Waals surface area contributed by atoms with Crippen LogP contribution >= 0.6 is 11.8 Å². The molecule has 0 amide bonds. The van der Waals surface area contributed by atoms with Gasteiger partial charge in [-0.2, -0.15) is 0 Å². The Labute approximate surface area is 115 Å². The normalized spacial score (nSPS) is 10.4. The minimum Gasteiger partial charge on any atom is -0.301 e. The lowest BCUT2D eigenvalue weighted by Gasteiger charge is -2.03. The first-order chi connectivity index (χ1) is 9.15. The molecular weight excluding hydrogens is 260 g/mol. The Kier molecular flexibility index (Phi) is 4.52. The topological polar surface area (TPSA) is 62.8 Å². The van der Waals surface area contributed by atoms with Crippen molar-refractivity contribution in [3.8, 4) is 11.3 Å². The lowest BCUT2D eigenvalue weighted by Crippen LogP contribution is -2.08. The van der Waals surface area contributed by atoms with E-state index in [0.717, 1.165) is 5.56 Å². The van der Waals surface area contributed by atoms with Crippen LogP contribution in [0.5, 0.6) is 0 Å². The quantitative estimate of drug-likeness (QED) is 0.672. The summed E-state index contributed by atoms with van der Waals surface area (Å²) in [6.45, 7) is 1.55. The molecule has 19 heavy (non-hydrogen) atoms. The molecule has 1 aromatic heterocycles. The number of hydrogen-bond donors (Lipinski definition) is 1. The van der Waals surface area contributed by atoms with Gasteiger partial charge in [0.25, 0.3) is 5.56 Å². The first-order valence-corrected chi connectivity index (χ1v) is 6.93. The molecule has 0 aliphatic rings. The van der Waals surface area contributed by atoms with Crippen LogP contribution in [0.1, 0.15) is 13.3 Å². The maximum Gasteiger partial charge on any atom is 0.252 e. The van der Waals surface area contributed by atoms with E-state index in [1.807, 2.05) is 30.3 Å². The SMILES string of the molecule is CC(=O)CCSc1nc(-c2ccccc2)cc(=O)[nH]1. The molecule has 1 N–H and O–H groups in total. The molecule has 0 radical (unpaired) electrons. The van der Waals surface area contributed by atoms with E-state index in [0.29, 0.717) is 23.0 Å². The predicted molar refractivity (Wildman–Crippen MR) is 76.3 cm³/mol. The summed E-state index contributed by atoms with van der Waals surface area (Å²) in [5, 5.41) is 0.549. The van der Waals surface area contributed by atoms with Crippen LogP contribution in [0, 0.1) is 0 Å². The van der Waals surface area contributed by atoms with Gasteiger partial charge in [0.05, 0.1) is 5.69 Å². The summed E-state index contributed by atoms with van der Waals surface area (Å²) in [4.78, 5) is 29.6. The molecule has 0 saturated carbocycles. The Balaban J connectivity index is 2.20. The summed E-state index contributed by atoms with van der Waals surface area (Å²) in [6.07, 6.45) is 0.476. The van der Waals surface area contributed by atoms with Gasteiger partial charge in [0, 0.05) is 23.8 Å². The van der Waals surface area contributed by atoms with Gasteiger partial charge < -0.3 is 4.98 Å². The highest BCUT2D eigenvalue weighted by Gasteiger charge is 2.04. The van der Waals surface area contributed by atoms with Crippen LogP contribution in [0.15, 0.2) is 46.3 Å². The highest BCUT2D eigenvalue weighted by molar-refractivity contribution is 7.99. The fraction of sp³-hybridized carbons (Fsp3) is 0.214. The number of H-pyrrole nitrogens is 1. The van der Waals surface area contributed by atoms with Crippen molar-refractivity contribution in [3.05, 3.63) is 46.8 Å². The molecule has 98 valence electrons. The van der Waals surface area contributed by atoms with Gasteiger partial charge in [0.2, 0.25) is 0 Å². The minimum atomic E-state index is -0.181. The first kappa shape index (κ1) is 13.5. The van der Waals surface area contributed by atoms with Gasteiger partial charge in [-0.1, -0.05) is 42.1 Å². The van der Waals surface area contributed by atoms with Crippen LogP contribution in [-0.4, -0.2) is 21.5 Å². The van der Waals surface area contributed by atoms with E-state index in [1.54, 1.807) is 6.92 Å². The maximum absolute atomic E-state index is 11.6. The molecule has 0 aliphatic carbocycles. The minimum absolute atomic E-state index is 0.133. The van der Waals surface area contributed by atoms with E-state index in [1.165, 1.54) is 17.8 Å². The zero-order chi connectivity index (χ0) is 13.7. The van der Waals surface area contributed by atoms with Crippen molar-refractivity contribution in [2.45, 2.75) is 18.5 Å². The van der Waals surface area contributed by atoms with E-state index in [2.05, 4.69) is 9.97 Å². The zero-order valence-electron chi connectivity index (χ0n) is 10.6. The molecule has 4 nitrogen and oxygen atoms in total. The predicted octanol–water partition coefficient (Wildman–Crippen LogP) is 2.51. The second kappa shape index (κ2) is 6.33. The largest absolute Gasteiger partial charge is 0.301 e. The first-order valence-electron chi connectivity index (χ1n) is 5.94. The number of thioether (sulfide) groups is 1. The molecule has 0 atom stereocenters. The fourth-order valence-corrected chi connectivity index (χ4v) is 2.47. The van der Waals surface area contributed by atoms with Crippen LogP contribution in [0.3, 0.4) is 0 Å². The van der Waals surface area contributed by atoms with Crippen molar-refractivity contribution in [2.75, 3.05) is 5.75 Å². The molecule has 0 saturated heterocycles. The number of benzene rings is 1. The highest BCUT2D eigenvalue weighted by atomic mass is 32.2. The maximum atomic E-state index is 11.6. The van der Waals surface area contributed by atoms with Crippen molar-refractivity contribution in [3.63, 3.8) is 0 Å². The number of aromatic amines is 1. The van der Waals surface area contributed by atoms with E-state index in [9.17, 15) is 9.59 Å². The van der Waals surface area contributed by atoms with E-state index >= 15 is 0 Å². The molecule has 2 aromatic rings. The summed E-state index contributed by atoms with van der Waals surface area (Å²) in [5.74, 6) is 0.755. The highest BCUT2D eigenvalue weighted by Crippen LogP contribution is 2.18. The fourth-order valence-electron chi connectivity index (χ4n) is 1.55. The summed E-state index contributed by atoms with van der Waals surface area (Å²) < 4.78 is 0. The average Bonchev–Trinajstić information content (AvgIpc) is 2.39. The molecule has 5 heteroatoms. The number of nitrogens with one attached hydrogen (secondary N) is 1. The smallest absolute Gasteiger partial charge is 0.252 e. The lowest BCUT2D eigenvalue weighted by molar-refractivity contribution is -0.116. The number of Topliss-reactive ketones (excluding diaryl/α,β-unsaturated/α-hetero) is 1. The number of nitrogens with zero attached hydrogens (tertiary/aromatic N) is 1. The Morgan fingerprint density at radius 1 is 1.32 bits per heavy atom. The third kappa shape index (κ3) is 4.06. The van der Waals surface area contributed by atoms with Crippen molar-refractivity contribution in [1.29, 1.82) is 0 Å². The Hall–Kier alpha value is -1.88. The lowest BCUT2D eigenvalue weighted by atomic mass is 10.1. The molecule has 0 bridgehead atoms. The van der Waals surface area contributed by atoms with Crippen molar-refractivity contribution >= 4 is 17.5 Å². The second-order valence-electron chi connectivity index (χ2n) is 4.10. The number of aromatic nitrogens is 2. The van der Waals surface area contributed by atoms with Crippen molar-refractivity contribution < 1.29 is 4.79 Å². The molecule has 1 aromatic carbocycles. The number of carbonyl (C=O) groups is 1. The number of carbonyl (C=O) groups excluding carboxylic acids is 1. The third-order valence-electron chi connectivity index (χ3n) is 2.48. The summed E-state index contributed by atoms with van der Waals surface area (Å²) in [5.41, 5.74) is 1.37. The van der Waals surface area contributed by atoms with Crippen LogP contribution < -0.4 is 5.56 Å². The van der Waals surface area contributed by atoms with Gasteiger partial charge in [-0.3, -0.25) is 9.59 Å². The van der Waals surface area contributed by atoms with E-state index in [4.69, 9.17) is 0 Å². The standard InChI is InChI=1S/C14H14N2O2S/c1-10(17)7-8-19-14-15-12(9-13(18)16-14)11-5-3-2-4-6-11/h2-6,9H,7-8H2,1H3,(H,15,16,18). The van der Waals surface area contributed by atoms with Gasteiger partial charge in [0.15, 0.2) is 5.16 Å². The Morgan fingerprint density at radius 2 is 2.05 bits per heavy atom. The number of hydrogen-bond acceptors (Lipinski definition) is 4. The number of ketones is 1. The third-order valence-corrected chi connectivity index (χ3v) is 3.36. The Bertz CT molecular complexity index is 623. The van der Waals surface area contributed by atoms with E-state index in [-0.39, 0.29) is 11.3 Å².